The Morgan fingerprint density at radius 1 is 1.07 bits per heavy atom. The number of nitrogens with one attached hydrogen (secondary N) is 2. The molecule has 8 heteroatoms. The number of amides is 4. The van der Waals surface area contributed by atoms with E-state index in [4.69, 9.17) is 4.74 Å². The normalized spacial score (nSPS) is 18.1. The lowest BCUT2D eigenvalue weighted by atomic mass is 9.87. The number of carbonyl (C=O) groups is 4. The summed E-state index contributed by atoms with van der Waals surface area (Å²) in [6, 6.07) is 15.4. The van der Waals surface area contributed by atoms with Gasteiger partial charge in [-0.25, -0.2) is 4.79 Å². The first-order valence-electron chi connectivity index (χ1n) is 9.58. The molecule has 0 radical (unpaired) electrons. The predicted octanol–water partition coefficient (Wildman–Crippen LogP) is 1.97. The molecule has 1 aliphatic heterocycles. The zero-order valence-corrected chi connectivity index (χ0v) is 16.8. The van der Waals surface area contributed by atoms with E-state index >= 15 is 0 Å². The Morgan fingerprint density at radius 3 is 2.37 bits per heavy atom. The minimum Gasteiger partial charge on any atom is -0.455 e. The highest BCUT2D eigenvalue weighted by Gasteiger charge is 2.52. The van der Waals surface area contributed by atoms with Gasteiger partial charge in [0, 0.05) is 0 Å². The molecule has 1 aliphatic rings. The maximum absolute atomic E-state index is 12.9. The summed E-state index contributed by atoms with van der Waals surface area (Å²) < 4.78 is 4.96. The molecule has 2 aromatic rings. The number of ether oxygens (including phenoxy) is 1. The van der Waals surface area contributed by atoms with Crippen LogP contribution < -0.4 is 10.7 Å². The Hall–Kier alpha value is -3.68. The standard InChI is InChI=1S/C22H23N3O5/c1-3-22(17-7-5-4-6-8-17)20(28)25(21(29)23-22)24-18(26)14-30-19(27)13-16-11-9-15(2)10-12-16/h4-12H,3,13-14H2,1-2H3,(H,23,29)(H,24,26)/t22-/m0/s1. The summed E-state index contributed by atoms with van der Waals surface area (Å²) in [7, 11) is 0. The third-order valence-electron chi connectivity index (χ3n) is 4.96. The molecule has 30 heavy (non-hydrogen) atoms. The van der Waals surface area contributed by atoms with Gasteiger partial charge in [0.05, 0.1) is 6.42 Å². The van der Waals surface area contributed by atoms with Gasteiger partial charge in [-0.2, -0.15) is 5.01 Å². The molecule has 8 nitrogen and oxygen atoms in total. The molecule has 1 saturated heterocycles. The summed E-state index contributed by atoms with van der Waals surface area (Å²) in [5, 5.41) is 3.29. The molecule has 2 aromatic carbocycles. The molecular weight excluding hydrogens is 386 g/mol. The molecule has 0 spiro atoms. The van der Waals surface area contributed by atoms with Crippen molar-refractivity contribution >= 4 is 23.8 Å². The summed E-state index contributed by atoms with van der Waals surface area (Å²) in [5.74, 6) is -1.96. The summed E-state index contributed by atoms with van der Waals surface area (Å²) >= 11 is 0. The van der Waals surface area contributed by atoms with E-state index in [1.54, 1.807) is 49.4 Å². The molecule has 3 rings (SSSR count). The SMILES string of the molecule is CC[C@@]1(c2ccccc2)NC(=O)N(NC(=O)COC(=O)Cc2ccc(C)cc2)C1=O. The van der Waals surface area contributed by atoms with Gasteiger partial charge in [0.2, 0.25) is 0 Å². The highest BCUT2D eigenvalue weighted by molar-refractivity contribution is 6.08. The number of nitrogens with zero attached hydrogens (tertiary/aromatic N) is 1. The Bertz CT molecular complexity index is 958. The van der Waals surface area contributed by atoms with Crippen LogP contribution in [-0.2, 0) is 31.1 Å². The molecule has 0 saturated carbocycles. The Balaban J connectivity index is 1.58. The Kier molecular flexibility index (Phi) is 6.15. The van der Waals surface area contributed by atoms with Gasteiger partial charge in [-0.15, -0.1) is 0 Å². The van der Waals surface area contributed by atoms with Crippen LogP contribution in [0.2, 0.25) is 0 Å². The van der Waals surface area contributed by atoms with Crippen LogP contribution >= 0.6 is 0 Å². The van der Waals surface area contributed by atoms with Crippen LogP contribution in [0.4, 0.5) is 4.79 Å². The fourth-order valence-electron chi connectivity index (χ4n) is 3.27. The van der Waals surface area contributed by atoms with Crippen LogP contribution in [0.15, 0.2) is 54.6 Å². The van der Waals surface area contributed by atoms with Crippen molar-refractivity contribution in [2.45, 2.75) is 32.2 Å². The second kappa shape index (κ2) is 8.77. The van der Waals surface area contributed by atoms with E-state index in [2.05, 4.69) is 10.7 Å². The predicted molar refractivity (Wildman–Crippen MR) is 108 cm³/mol. The van der Waals surface area contributed by atoms with Gasteiger partial charge < -0.3 is 10.1 Å². The number of benzene rings is 2. The van der Waals surface area contributed by atoms with Gasteiger partial charge in [-0.1, -0.05) is 67.1 Å². The summed E-state index contributed by atoms with van der Waals surface area (Å²) in [4.78, 5) is 49.4. The monoisotopic (exact) mass is 409 g/mol. The maximum Gasteiger partial charge on any atom is 0.344 e. The highest BCUT2D eigenvalue weighted by atomic mass is 16.5. The van der Waals surface area contributed by atoms with Crippen molar-refractivity contribution in [3.63, 3.8) is 0 Å². The fraction of sp³-hybridized carbons (Fsp3) is 0.273. The zero-order chi connectivity index (χ0) is 21.7. The average Bonchev–Trinajstić information content (AvgIpc) is 2.99. The molecule has 0 unspecified atom stereocenters. The van der Waals surface area contributed by atoms with Crippen LogP contribution in [0.5, 0.6) is 0 Å². The number of urea groups is 1. The van der Waals surface area contributed by atoms with Crippen molar-refractivity contribution < 1.29 is 23.9 Å². The number of hydrazine groups is 1. The van der Waals surface area contributed by atoms with Crippen molar-refractivity contribution in [1.29, 1.82) is 0 Å². The minimum absolute atomic E-state index is 0.0175. The lowest BCUT2D eigenvalue weighted by Gasteiger charge is -2.25. The molecule has 0 aromatic heterocycles. The topological polar surface area (TPSA) is 105 Å². The van der Waals surface area contributed by atoms with Crippen molar-refractivity contribution in [2.75, 3.05) is 6.61 Å². The van der Waals surface area contributed by atoms with Crippen molar-refractivity contribution in [2.24, 2.45) is 0 Å². The van der Waals surface area contributed by atoms with Crippen LogP contribution in [0.1, 0.15) is 30.0 Å². The smallest absolute Gasteiger partial charge is 0.344 e. The molecule has 4 amide bonds. The van der Waals surface area contributed by atoms with E-state index < -0.39 is 36.0 Å². The lowest BCUT2D eigenvalue weighted by molar-refractivity contribution is -0.150. The van der Waals surface area contributed by atoms with Crippen LogP contribution in [-0.4, -0.2) is 35.4 Å². The molecule has 1 atom stereocenters. The largest absolute Gasteiger partial charge is 0.455 e. The number of imide groups is 1. The third kappa shape index (κ3) is 4.32. The quantitative estimate of drug-likeness (QED) is 0.537. The van der Waals surface area contributed by atoms with E-state index in [9.17, 15) is 19.2 Å². The second-order valence-electron chi connectivity index (χ2n) is 7.05. The second-order valence-corrected chi connectivity index (χ2v) is 7.05. The van der Waals surface area contributed by atoms with Crippen LogP contribution in [0.25, 0.3) is 0 Å². The van der Waals surface area contributed by atoms with Gasteiger partial charge >= 0.3 is 12.0 Å². The number of carbonyl (C=O) groups excluding carboxylic acids is 4. The first-order chi connectivity index (χ1) is 14.4. The van der Waals surface area contributed by atoms with E-state index in [0.717, 1.165) is 11.1 Å². The highest BCUT2D eigenvalue weighted by Crippen LogP contribution is 2.31. The van der Waals surface area contributed by atoms with Crippen LogP contribution in [0, 0.1) is 6.92 Å². The van der Waals surface area contributed by atoms with E-state index in [1.807, 2.05) is 19.1 Å². The number of hydrogen-bond acceptors (Lipinski definition) is 5. The van der Waals surface area contributed by atoms with Gasteiger partial charge in [-0.05, 0) is 24.5 Å². The number of hydrogen-bond donors (Lipinski definition) is 2. The zero-order valence-electron chi connectivity index (χ0n) is 16.8. The van der Waals surface area contributed by atoms with Crippen molar-refractivity contribution in [3.8, 4) is 0 Å². The molecule has 2 N–H and O–H groups in total. The van der Waals surface area contributed by atoms with E-state index in [-0.39, 0.29) is 6.42 Å². The first-order valence-corrected chi connectivity index (χ1v) is 9.58. The average molecular weight is 409 g/mol. The van der Waals surface area contributed by atoms with Gasteiger partial charge in [0.1, 0.15) is 5.54 Å². The number of rotatable bonds is 7. The van der Waals surface area contributed by atoms with Gasteiger partial charge in [-0.3, -0.25) is 19.8 Å². The van der Waals surface area contributed by atoms with E-state index in [0.29, 0.717) is 17.0 Å². The summed E-state index contributed by atoms with van der Waals surface area (Å²) in [6.07, 6.45) is 0.323. The maximum atomic E-state index is 12.9. The number of esters is 1. The Morgan fingerprint density at radius 2 is 1.73 bits per heavy atom. The molecule has 0 bridgehead atoms. The molecule has 1 heterocycles. The molecular formula is C22H23N3O5. The molecule has 1 fully saturated rings. The fourth-order valence-corrected chi connectivity index (χ4v) is 3.27. The van der Waals surface area contributed by atoms with Crippen molar-refractivity contribution in [3.05, 3.63) is 71.3 Å². The molecule has 156 valence electrons. The third-order valence-corrected chi connectivity index (χ3v) is 4.96. The van der Waals surface area contributed by atoms with Gasteiger partial charge in [0.15, 0.2) is 6.61 Å². The van der Waals surface area contributed by atoms with Gasteiger partial charge in [0.25, 0.3) is 11.8 Å². The number of aryl methyl sites for hydroxylation is 1. The molecule has 0 aliphatic carbocycles. The van der Waals surface area contributed by atoms with Crippen LogP contribution in [0.3, 0.4) is 0 Å². The first kappa shape index (κ1) is 21.0. The minimum atomic E-state index is -1.26. The lowest BCUT2D eigenvalue weighted by Crippen LogP contribution is -2.49. The van der Waals surface area contributed by atoms with Crippen molar-refractivity contribution in [1.82, 2.24) is 15.8 Å². The van der Waals surface area contributed by atoms with E-state index in [1.165, 1.54) is 0 Å². The summed E-state index contributed by atoms with van der Waals surface area (Å²) in [5.41, 5.74) is 3.41. The Labute approximate surface area is 174 Å². The summed E-state index contributed by atoms with van der Waals surface area (Å²) in [6.45, 7) is 3.10.